The number of nitrogens with one attached hydrogen (secondary N) is 3. The molecule has 0 unspecified atom stereocenters. The van der Waals surface area contributed by atoms with Gasteiger partial charge in [0.25, 0.3) is 0 Å². The van der Waals surface area contributed by atoms with E-state index in [9.17, 15) is 0 Å². The van der Waals surface area contributed by atoms with Gasteiger partial charge in [-0.15, -0.1) is 11.3 Å². The first kappa shape index (κ1) is 19.4. The summed E-state index contributed by atoms with van der Waals surface area (Å²) in [7, 11) is 0. The number of nitrogens with zero attached hydrogens (tertiary/aromatic N) is 2. The SMILES string of the molecule is CCNC(=NCCc1csc(C(C)C)n1)NCCc1c[nH]c2ccccc12. The molecule has 144 valence electrons. The van der Waals surface area contributed by atoms with Crippen LogP contribution in [0.2, 0.25) is 0 Å². The number of para-hydroxylation sites is 1. The Morgan fingerprint density at radius 1 is 1.22 bits per heavy atom. The molecule has 2 aromatic heterocycles. The molecule has 0 atom stereocenters. The van der Waals surface area contributed by atoms with Gasteiger partial charge in [0.2, 0.25) is 0 Å². The van der Waals surface area contributed by atoms with Gasteiger partial charge in [0.15, 0.2) is 5.96 Å². The van der Waals surface area contributed by atoms with Crippen LogP contribution in [-0.2, 0) is 12.8 Å². The largest absolute Gasteiger partial charge is 0.361 e. The highest BCUT2D eigenvalue weighted by molar-refractivity contribution is 7.09. The highest BCUT2D eigenvalue weighted by Crippen LogP contribution is 2.19. The van der Waals surface area contributed by atoms with Crippen LogP contribution >= 0.6 is 11.3 Å². The first-order valence-electron chi connectivity index (χ1n) is 9.68. The molecule has 0 saturated carbocycles. The maximum atomic E-state index is 4.70. The van der Waals surface area contributed by atoms with Crippen molar-refractivity contribution in [3.05, 3.63) is 52.1 Å². The van der Waals surface area contributed by atoms with Crippen LogP contribution in [0.4, 0.5) is 0 Å². The molecule has 1 aromatic carbocycles. The first-order valence-corrected chi connectivity index (χ1v) is 10.6. The summed E-state index contributed by atoms with van der Waals surface area (Å²) in [5.74, 6) is 1.37. The molecule has 0 aliphatic carbocycles. The van der Waals surface area contributed by atoms with E-state index in [0.29, 0.717) is 5.92 Å². The Morgan fingerprint density at radius 2 is 2.07 bits per heavy atom. The number of fused-ring (bicyclic) bond motifs is 1. The third kappa shape index (κ3) is 5.32. The van der Waals surface area contributed by atoms with Crippen LogP contribution in [0.25, 0.3) is 10.9 Å². The summed E-state index contributed by atoms with van der Waals surface area (Å²) in [6, 6.07) is 8.42. The van der Waals surface area contributed by atoms with E-state index in [1.165, 1.54) is 21.5 Å². The molecule has 0 saturated heterocycles. The molecule has 0 aliphatic heterocycles. The lowest BCUT2D eigenvalue weighted by Gasteiger charge is -2.11. The van der Waals surface area contributed by atoms with E-state index in [0.717, 1.165) is 44.1 Å². The molecule has 3 N–H and O–H groups in total. The number of guanidine groups is 1. The standard InChI is InChI=1S/C21H29N5S/c1-4-22-21(24-12-10-17-14-27-20(26-17)15(2)3)23-11-9-16-13-25-19-8-6-5-7-18(16)19/h5-8,13-15,25H,4,9-12H2,1-3H3,(H2,22,23,24). The molecule has 6 heteroatoms. The lowest BCUT2D eigenvalue weighted by Crippen LogP contribution is -2.38. The zero-order valence-corrected chi connectivity index (χ0v) is 17.2. The number of H-pyrrole nitrogens is 1. The van der Waals surface area contributed by atoms with Gasteiger partial charge in [0.1, 0.15) is 0 Å². The Labute approximate surface area is 165 Å². The van der Waals surface area contributed by atoms with Crippen LogP contribution in [-0.4, -0.2) is 35.6 Å². The summed E-state index contributed by atoms with van der Waals surface area (Å²) in [5.41, 5.74) is 3.66. The highest BCUT2D eigenvalue weighted by atomic mass is 32.1. The Balaban J connectivity index is 1.51. The van der Waals surface area contributed by atoms with Crippen molar-refractivity contribution >= 4 is 28.2 Å². The maximum Gasteiger partial charge on any atom is 0.191 e. The first-order chi connectivity index (χ1) is 13.2. The lowest BCUT2D eigenvalue weighted by molar-refractivity contribution is 0.793. The monoisotopic (exact) mass is 383 g/mol. The van der Waals surface area contributed by atoms with Crippen molar-refractivity contribution in [1.82, 2.24) is 20.6 Å². The van der Waals surface area contributed by atoms with Crippen LogP contribution in [0, 0.1) is 0 Å². The number of hydrogen-bond acceptors (Lipinski definition) is 3. The van der Waals surface area contributed by atoms with Crippen molar-refractivity contribution in [2.24, 2.45) is 4.99 Å². The van der Waals surface area contributed by atoms with Crippen molar-refractivity contribution in [3.8, 4) is 0 Å². The van der Waals surface area contributed by atoms with Crippen molar-refractivity contribution in [1.29, 1.82) is 0 Å². The smallest absolute Gasteiger partial charge is 0.191 e. The molecule has 2 heterocycles. The molecule has 0 amide bonds. The molecule has 0 aliphatic rings. The maximum absolute atomic E-state index is 4.70. The number of rotatable bonds is 8. The zero-order valence-electron chi connectivity index (χ0n) is 16.4. The molecule has 0 bridgehead atoms. The van der Waals surface area contributed by atoms with Crippen LogP contribution in [0.1, 0.15) is 43.0 Å². The van der Waals surface area contributed by atoms with Gasteiger partial charge in [-0.05, 0) is 25.0 Å². The molecule has 27 heavy (non-hydrogen) atoms. The van der Waals surface area contributed by atoms with Gasteiger partial charge in [-0.25, -0.2) is 4.98 Å². The summed E-state index contributed by atoms with van der Waals surface area (Å²) in [4.78, 5) is 12.7. The fourth-order valence-corrected chi connectivity index (χ4v) is 3.85. The van der Waals surface area contributed by atoms with Gasteiger partial charge in [-0.1, -0.05) is 32.0 Å². The fraction of sp³-hybridized carbons (Fsp3) is 0.429. The molecule has 0 radical (unpaired) electrons. The molecule has 3 rings (SSSR count). The average molecular weight is 384 g/mol. The van der Waals surface area contributed by atoms with E-state index in [2.05, 4.69) is 77.2 Å². The highest BCUT2D eigenvalue weighted by Gasteiger charge is 2.06. The number of aromatic nitrogens is 2. The van der Waals surface area contributed by atoms with Gasteiger partial charge in [0, 0.05) is 54.5 Å². The van der Waals surface area contributed by atoms with Gasteiger partial charge in [-0.2, -0.15) is 0 Å². The summed E-state index contributed by atoms with van der Waals surface area (Å²) in [6.45, 7) is 8.90. The van der Waals surface area contributed by atoms with Crippen molar-refractivity contribution in [3.63, 3.8) is 0 Å². The minimum atomic E-state index is 0.496. The number of thiazole rings is 1. The van der Waals surface area contributed by atoms with Crippen LogP contribution < -0.4 is 10.6 Å². The molecule has 0 fully saturated rings. The van der Waals surface area contributed by atoms with E-state index in [1.54, 1.807) is 11.3 Å². The number of aliphatic imine (C=N–C) groups is 1. The second kappa shape index (κ2) is 9.55. The van der Waals surface area contributed by atoms with Crippen LogP contribution in [0.15, 0.2) is 40.8 Å². The average Bonchev–Trinajstić information content (AvgIpc) is 3.29. The number of aromatic amines is 1. The Bertz CT molecular complexity index is 877. The lowest BCUT2D eigenvalue weighted by atomic mass is 10.1. The summed E-state index contributed by atoms with van der Waals surface area (Å²) < 4.78 is 0. The van der Waals surface area contributed by atoms with Gasteiger partial charge in [0.05, 0.1) is 10.7 Å². The van der Waals surface area contributed by atoms with Gasteiger partial charge < -0.3 is 15.6 Å². The van der Waals surface area contributed by atoms with Crippen molar-refractivity contribution in [2.45, 2.75) is 39.5 Å². The Kier molecular flexibility index (Phi) is 6.87. The normalized spacial score (nSPS) is 12.1. The second-order valence-corrected chi connectivity index (χ2v) is 7.77. The zero-order chi connectivity index (χ0) is 19.1. The van der Waals surface area contributed by atoms with Crippen LogP contribution in [0.3, 0.4) is 0 Å². The van der Waals surface area contributed by atoms with E-state index in [4.69, 9.17) is 4.99 Å². The molecule has 3 aromatic rings. The Morgan fingerprint density at radius 3 is 2.85 bits per heavy atom. The number of benzene rings is 1. The van der Waals surface area contributed by atoms with E-state index in [1.807, 2.05) is 0 Å². The fourth-order valence-electron chi connectivity index (χ4n) is 2.98. The minimum Gasteiger partial charge on any atom is -0.361 e. The predicted molar refractivity (Wildman–Crippen MR) is 116 cm³/mol. The topological polar surface area (TPSA) is 65.1 Å². The van der Waals surface area contributed by atoms with E-state index >= 15 is 0 Å². The minimum absolute atomic E-state index is 0.496. The Hall–Kier alpha value is -2.34. The van der Waals surface area contributed by atoms with Gasteiger partial charge in [-0.3, -0.25) is 4.99 Å². The quantitative estimate of drug-likeness (QED) is 0.405. The summed E-state index contributed by atoms with van der Waals surface area (Å²) in [5, 5.41) is 11.4. The summed E-state index contributed by atoms with van der Waals surface area (Å²) >= 11 is 1.75. The predicted octanol–water partition coefficient (Wildman–Crippen LogP) is 4.09. The van der Waals surface area contributed by atoms with E-state index in [-0.39, 0.29) is 0 Å². The molecular formula is C21H29N5S. The second-order valence-electron chi connectivity index (χ2n) is 6.88. The van der Waals surface area contributed by atoms with Crippen molar-refractivity contribution < 1.29 is 0 Å². The molecular weight excluding hydrogens is 354 g/mol. The van der Waals surface area contributed by atoms with Crippen molar-refractivity contribution in [2.75, 3.05) is 19.6 Å². The third-order valence-electron chi connectivity index (χ3n) is 4.41. The van der Waals surface area contributed by atoms with Gasteiger partial charge >= 0.3 is 0 Å². The van der Waals surface area contributed by atoms with E-state index < -0.39 is 0 Å². The van der Waals surface area contributed by atoms with Crippen LogP contribution in [0.5, 0.6) is 0 Å². The third-order valence-corrected chi connectivity index (χ3v) is 5.60. The summed E-state index contributed by atoms with van der Waals surface area (Å²) in [6.07, 6.45) is 3.94. The number of hydrogen-bond donors (Lipinski definition) is 3. The molecule has 5 nitrogen and oxygen atoms in total. The molecule has 0 spiro atoms.